The minimum absolute atomic E-state index is 0.587. The van der Waals surface area contributed by atoms with E-state index in [0.29, 0.717) is 6.04 Å². The van der Waals surface area contributed by atoms with Crippen molar-refractivity contribution in [1.29, 1.82) is 0 Å². The molecule has 1 aromatic rings. The molecule has 0 bridgehead atoms. The second-order valence-electron chi connectivity index (χ2n) is 6.56. The third-order valence-electron chi connectivity index (χ3n) is 4.49. The zero-order chi connectivity index (χ0) is 14.4. The van der Waals surface area contributed by atoms with Gasteiger partial charge in [-0.15, -0.1) is 0 Å². The minimum atomic E-state index is 0.587. The lowest BCUT2D eigenvalue weighted by Crippen LogP contribution is -2.34. The quantitative estimate of drug-likeness (QED) is 0.753. The fourth-order valence-electron chi connectivity index (χ4n) is 3.36. The van der Waals surface area contributed by atoms with Crippen LogP contribution in [-0.2, 0) is 6.42 Å². The molecule has 0 saturated heterocycles. The predicted molar refractivity (Wildman–Crippen MR) is 91.0 cm³/mol. The molecule has 1 aliphatic rings. The molecule has 1 unspecified atom stereocenters. The predicted octanol–water partition coefficient (Wildman–Crippen LogP) is 5.19. The van der Waals surface area contributed by atoms with Gasteiger partial charge in [0.25, 0.3) is 0 Å². The monoisotopic (exact) mass is 337 g/mol. The maximum Gasteiger partial charge on any atom is 0.0177 e. The summed E-state index contributed by atoms with van der Waals surface area (Å²) in [5, 5.41) is 3.67. The Morgan fingerprint density at radius 2 is 1.95 bits per heavy atom. The molecule has 2 rings (SSSR count). The summed E-state index contributed by atoms with van der Waals surface area (Å²) < 4.78 is 1.20. The molecule has 0 aliphatic heterocycles. The summed E-state index contributed by atoms with van der Waals surface area (Å²) in [5.41, 5.74) is 1.47. The molecule has 1 aliphatic carbocycles. The highest BCUT2D eigenvalue weighted by atomic mass is 79.9. The van der Waals surface area contributed by atoms with E-state index in [2.05, 4.69) is 59.4 Å². The lowest BCUT2D eigenvalue weighted by atomic mass is 9.77. The van der Waals surface area contributed by atoms with Gasteiger partial charge in [-0.2, -0.15) is 0 Å². The second kappa shape index (κ2) is 8.19. The van der Waals surface area contributed by atoms with Crippen molar-refractivity contribution in [2.45, 2.75) is 58.4 Å². The maximum absolute atomic E-state index is 3.67. The van der Waals surface area contributed by atoms with Crippen molar-refractivity contribution in [3.8, 4) is 0 Å². The largest absolute Gasteiger partial charge is 0.314 e. The van der Waals surface area contributed by atoms with Crippen molar-refractivity contribution >= 4 is 15.9 Å². The van der Waals surface area contributed by atoms with Gasteiger partial charge in [0.15, 0.2) is 0 Å². The highest BCUT2D eigenvalue weighted by molar-refractivity contribution is 9.10. The summed E-state index contributed by atoms with van der Waals surface area (Å²) >= 11 is 3.59. The second-order valence-corrected chi connectivity index (χ2v) is 7.47. The van der Waals surface area contributed by atoms with E-state index in [-0.39, 0.29) is 0 Å². The third kappa shape index (κ3) is 5.21. The molecule has 1 atom stereocenters. The topological polar surface area (TPSA) is 12.0 Å². The van der Waals surface area contributed by atoms with Crippen LogP contribution in [0.15, 0.2) is 28.7 Å². The molecule has 0 amide bonds. The molecule has 0 radical (unpaired) electrons. The van der Waals surface area contributed by atoms with Gasteiger partial charge in [-0.05, 0) is 42.5 Å². The van der Waals surface area contributed by atoms with Gasteiger partial charge in [0.1, 0.15) is 0 Å². The van der Waals surface area contributed by atoms with E-state index in [0.717, 1.165) is 18.4 Å². The van der Waals surface area contributed by atoms with Gasteiger partial charge in [0.2, 0.25) is 0 Å². The van der Waals surface area contributed by atoms with Crippen LogP contribution in [0.2, 0.25) is 0 Å². The lowest BCUT2D eigenvalue weighted by Gasteiger charge is -2.31. The fraction of sp³-hybridized carbons (Fsp3) is 0.667. The van der Waals surface area contributed by atoms with E-state index in [4.69, 9.17) is 0 Å². The van der Waals surface area contributed by atoms with Crippen molar-refractivity contribution < 1.29 is 0 Å². The van der Waals surface area contributed by atoms with Crippen molar-refractivity contribution in [2.75, 3.05) is 6.54 Å². The highest BCUT2D eigenvalue weighted by Gasteiger charge is 2.23. The maximum atomic E-state index is 3.67. The van der Waals surface area contributed by atoms with Crippen LogP contribution in [-0.4, -0.2) is 12.6 Å². The molecular weight excluding hydrogens is 310 g/mol. The van der Waals surface area contributed by atoms with Gasteiger partial charge in [-0.1, -0.05) is 74.0 Å². The number of halogens is 1. The smallest absolute Gasteiger partial charge is 0.0177 e. The van der Waals surface area contributed by atoms with Crippen LogP contribution in [0, 0.1) is 11.8 Å². The SMILES string of the molecule is CC(C)NCC(Cc1cccc(Br)c1)C1CCCCC1. The Morgan fingerprint density at radius 3 is 2.60 bits per heavy atom. The molecule has 0 aromatic heterocycles. The molecule has 0 heterocycles. The highest BCUT2D eigenvalue weighted by Crippen LogP contribution is 2.32. The molecule has 20 heavy (non-hydrogen) atoms. The fourth-order valence-corrected chi connectivity index (χ4v) is 3.81. The molecule has 1 N–H and O–H groups in total. The summed E-state index contributed by atoms with van der Waals surface area (Å²) in [6.07, 6.45) is 8.38. The standard InChI is InChI=1S/C18H28BrN/c1-14(2)20-13-17(16-8-4-3-5-9-16)11-15-7-6-10-18(19)12-15/h6-7,10,12,14,16-17,20H,3-5,8-9,11,13H2,1-2H3. The van der Waals surface area contributed by atoms with Gasteiger partial charge in [0.05, 0.1) is 0 Å². The normalized spacial score (nSPS) is 18.4. The number of nitrogens with one attached hydrogen (secondary N) is 1. The molecule has 1 fully saturated rings. The first kappa shape index (κ1) is 16.0. The summed E-state index contributed by atoms with van der Waals surface area (Å²) in [5.74, 6) is 1.70. The Labute approximate surface area is 132 Å². The molecule has 112 valence electrons. The van der Waals surface area contributed by atoms with Gasteiger partial charge >= 0.3 is 0 Å². The van der Waals surface area contributed by atoms with Crippen molar-refractivity contribution in [3.63, 3.8) is 0 Å². The van der Waals surface area contributed by atoms with Crippen molar-refractivity contribution in [3.05, 3.63) is 34.3 Å². The van der Waals surface area contributed by atoms with Crippen LogP contribution < -0.4 is 5.32 Å². The first-order valence-corrected chi connectivity index (χ1v) is 8.92. The Kier molecular flexibility index (Phi) is 6.57. The summed E-state index contributed by atoms with van der Waals surface area (Å²) in [7, 11) is 0. The molecule has 1 aromatic carbocycles. The Morgan fingerprint density at radius 1 is 1.20 bits per heavy atom. The summed E-state index contributed by atoms with van der Waals surface area (Å²) in [4.78, 5) is 0. The van der Waals surface area contributed by atoms with Crippen molar-refractivity contribution in [1.82, 2.24) is 5.32 Å². The van der Waals surface area contributed by atoms with E-state index in [9.17, 15) is 0 Å². The molecular formula is C18H28BrN. The lowest BCUT2D eigenvalue weighted by molar-refractivity contribution is 0.236. The average Bonchev–Trinajstić information content (AvgIpc) is 2.44. The van der Waals surface area contributed by atoms with Crippen LogP contribution >= 0.6 is 15.9 Å². The van der Waals surface area contributed by atoms with Crippen LogP contribution in [0.25, 0.3) is 0 Å². The van der Waals surface area contributed by atoms with Crippen molar-refractivity contribution in [2.24, 2.45) is 11.8 Å². The zero-order valence-corrected chi connectivity index (χ0v) is 14.5. The number of rotatable bonds is 6. The van der Waals surface area contributed by atoms with Crippen LogP contribution in [0.5, 0.6) is 0 Å². The van der Waals surface area contributed by atoms with Gasteiger partial charge in [-0.25, -0.2) is 0 Å². The third-order valence-corrected chi connectivity index (χ3v) is 4.98. The average molecular weight is 338 g/mol. The van der Waals surface area contributed by atoms with Gasteiger partial charge < -0.3 is 5.32 Å². The van der Waals surface area contributed by atoms with Gasteiger partial charge in [-0.3, -0.25) is 0 Å². The van der Waals surface area contributed by atoms with E-state index < -0.39 is 0 Å². The Hall–Kier alpha value is -0.340. The van der Waals surface area contributed by atoms with E-state index in [1.54, 1.807) is 0 Å². The summed E-state index contributed by atoms with van der Waals surface area (Å²) in [6.45, 7) is 5.66. The van der Waals surface area contributed by atoms with Crippen LogP contribution in [0.4, 0.5) is 0 Å². The Balaban J connectivity index is 2.00. The minimum Gasteiger partial charge on any atom is -0.314 e. The first-order chi connectivity index (χ1) is 9.65. The summed E-state index contributed by atoms with van der Waals surface area (Å²) in [6, 6.07) is 9.42. The van der Waals surface area contributed by atoms with Crippen LogP contribution in [0.1, 0.15) is 51.5 Å². The van der Waals surface area contributed by atoms with E-state index in [1.165, 1.54) is 48.6 Å². The number of hydrogen-bond donors (Lipinski definition) is 1. The molecule has 1 saturated carbocycles. The van der Waals surface area contributed by atoms with Crippen LogP contribution in [0.3, 0.4) is 0 Å². The number of hydrogen-bond acceptors (Lipinski definition) is 1. The molecule has 1 nitrogen and oxygen atoms in total. The Bertz CT molecular complexity index is 396. The molecule has 0 spiro atoms. The van der Waals surface area contributed by atoms with E-state index in [1.807, 2.05) is 0 Å². The first-order valence-electron chi connectivity index (χ1n) is 8.13. The number of benzene rings is 1. The zero-order valence-electron chi connectivity index (χ0n) is 12.9. The molecule has 2 heteroatoms. The van der Waals surface area contributed by atoms with E-state index >= 15 is 0 Å². The van der Waals surface area contributed by atoms with Gasteiger partial charge in [0, 0.05) is 10.5 Å².